The fraction of sp³-hybridized carbons (Fsp3) is 0. The first-order valence-corrected chi connectivity index (χ1v) is 20.0. The lowest BCUT2D eigenvalue weighted by Gasteiger charge is -2.27. The van der Waals surface area contributed by atoms with E-state index >= 15 is 0 Å². The summed E-state index contributed by atoms with van der Waals surface area (Å²) in [5.74, 6) is 0. The van der Waals surface area contributed by atoms with Crippen LogP contribution in [0.15, 0.2) is 248 Å². The Morgan fingerprint density at radius 3 is 1.43 bits per heavy atom. The minimum atomic E-state index is -0.730. The maximum Gasteiger partial charge on any atom is 0.0651 e. The number of nitrogens with zero attached hydrogens (tertiary/aromatic N) is 1. The van der Waals surface area contributed by atoms with E-state index in [0.717, 1.165) is 48.5 Å². The van der Waals surface area contributed by atoms with E-state index in [1.165, 1.54) is 0 Å². The van der Waals surface area contributed by atoms with Crippen molar-refractivity contribution in [2.24, 2.45) is 0 Å². The lowest BCUT2D eigenvalue weighted by atomic mass is 9.89. The van der Waals surface area contributed by atoms with Crippen molar-refractivity contribution < 1.29 is 16.4 Å². The molecule has 0 heterocycles. The Balaban J connectivity index is 1.17. The van der Waals surface area contributed by atoms with E-state index in [9.17, 15) is 15.1 Å². The van der Waals surface area contributed by atoms with Crippen molar-refractivity contribution >= 4 is 49.4 Å². The number of hydrogen-bond donors (Lipinski definition) is 0. The lowest BCUT2D eigenvalue weighted by molar-refractivity contribution is 1.28. The van der Waals surface area contributed by atoms with E-state index in [1.54, 1.807) is 30.3 Å². The number of benzene rings is 11. The van der Waals surface area contributed by atoms with Crippen LogP contribution in [-0.2, 0) is 0 Å². The largest absolute Gasteiger partial charge is 0.310 e. The molecule has 61 heavy (non-hydrogen) atoms. The monoisotopic (exact) mass is 787 g/mol. The quantitative estimate of drug-likeness (QED) is 0.148. The summed E-state index contributed by atoms with van der Waals surface area (Å²) < 4.78 is 116. The van der Waals surface area contributed by atoms with Gasteiger partial charge in [-0.25, -0.2) is 0 Å². The van der Waals surface area contributed by atoms with Crippen LogP contribution in [0.5, 0.6) is 0 Å². The first-order chi connectivity index (χ1) is 35.2. The average molecular weight is 788 g/mol. The molecule has 0 bridgehead atoms. The summed E-state index contributed by atoms with van der Waals surface area (Å²) in [5, 5.41) is 5.20. The number of anilines is 3. The van der Waals surface area contributed by atoms with Crippen LogP contribution in [0.2, 0.25) is 0 Å². The van der Waals surface area contributed by atoms with E-state index in [2.05, 4.69) is 6.07 Å². The topological polar surface area (TPSA) is 3.24 Å². The van der Waals surface area contributed by atoms with Gasteiger partial charge in [0.15, 0.2) is 0 Å². The van der Waals surface area contributed by atoms with Crippen molar-refractivity contribution in [3.63, 3.8) is 0 Å². The SMILES string of the molecule is [2H]c1c([2H])c(-c2ccc3ccccc3c2)c([2H])c(N(c2c([2H])c([2H])c(-c3ccc(-c4ccc5ccccc5c4)cc3)c([2H])c2[2H])c2c([2H])c([2H])c(-c3c(-c4ccccc4)ccc4ccccc34)c([2H])c2[2H])c1[2H]. The molecule has 0 aliphatic carbocycles. The van der Waals surface area contributed by atoms with Crippen molar-refractivity contribution in [3.8, 4) is 55.6 Å². The van der Waals surface area contributed by atoms with Gasteiger partial charge in [-0.1, -0.05) is 200 Å². The van der Waals surface area contributed by atoms with E-state index in [0.29, 0.717) is 27.6 Å². The minimum absolute atomic E-state index is 0.0480. The highest BCUT2D eigenvalue weighted by Crippen LogP contribution is 2.42. The van der Waals surface area contributed by atoms with Crippen molar-refractivity contribution in [1.82, 2.24) is 0 Å². The van der Waals surface area contributed by atoms with Crippen LogP contribution in [0, 0.1) is 0 Å². The summed E-state index contributed by atoms with van der Waals surface area (Å²) in [6, 6.07) is 47.4. The van der Waals surface area contributed by atoms with Crippen molar-refractivity contribution in [2.45, 2.75) is 0 Å². The Morgan fingerprint density at radius 1 is 0.295 bits per heavy atom. The maximum atomic E-state index is 9.90. The zero-order valence-corrected chi connectivity index (χ0v) is 32.7. The molecule has 11 aromatic rings. The molecule has 0 saturated carbocycles. The van der Waals surface area contributed by atoms with E-state index < -0.39 is 89.6 Å². The zero-order valence-electron chi connectivity index (χ0n) is 44.7. The molecule has 286 valence electrons. The molecule has 0 N–H and O–H groups in total. The first kappa shape index (κ1) is 25.5. The minimum Gasteiger partial charge on any atom is -0.310 e. The molecule has 11 rings (SSSR count). The number of rotatable bonds is 8. The van der Waals surface area contributed by atoms with E-state index in [-0.39, 0.29) is 16.7 Å². The molecule has 0 aliphatic heterocycles. The molecular formula is C60H41N. The highest BCUT2D eigenvalue weighted by Gasteiger charge is 2.17. The number of fused-ring (bicyclic) bond motifs is 3. The third kappa shape index (κ3) is 7.03. The summed E-state index contributed by atoms with van der Waals surface area (Å²) in [4.78, 5) is 0.909. The van der Waals surface area contributed by atoms with Crippen molar-refractivity contribution in [2.75, 3.05) is 4.90 Å². The van der Waals surface area contributed by atoms with Crippen LogP contribution < -0.4 is 4.90 Å². The van der Waals surface area contributed by atoms with Gasteiger partial charge < -0.3 is 4.90 Å². The highest BCUT2D eigenvalue weighted by molar-refractivity contribution is 6.04. The van der Waals surface area contributed by atoms with Gasteiger partial charge in [-0.05, 0) is 136 Å². The van der Waals surface area contributed by atoms with Crippen LogP contribution in [0.1, 0.15) is 16.4 Å². The summed E-state index contributed by atoms with van der Waals surface area (Å²) >= 11 is 0. The zero-order chi connectivity index (χ0) is 51.0. The molecule has 0 unspecified atom stereocenters. The second kappa shape index (κ2) is 15.6. The second-order valence-electron chi connectivity index (χ2n) is 14.8. The van der Waals surface area contributed by atoms with Gasteiger partial charge in [0.2, 0.25) is 0 Å². The van der Waals surface area contributed by atoms with Gasteiger partial charge in [0.05, 0.1) is 16.4 Å². The molecule has 0 aliphatic rings. The molecule has 0 fully saturated rings. The molecule has 0 radical (unpaired) electrons. The Hall–Kier alpha value is -8.00. The Bertz CT molecular complexity index is 4000. The molecule has 1 heteroatoms. The van der Waals surface area contributed by atoms with Gasteiger partial charge >= 0.3 is 0 Å². The fourth-order valence-electron chi connectivity index (χ4n) is 7.97. The summed E-state index contributed by atoms with van der Waals surface area (Å²) in [5.41, 5.74) is 2.45. The molecule has 0 amide bonds. The average Bonchev–Trinajstić information content (AvgIpc) is 3.41. The standard InChI is InChI=1S/C60H41N/c1-2-13-47(14-3-1)59-38-33-48-15-8-9-20-58(48)60(59)49-31-36-56(37-32-49)61(57-19-10-18-52(41-57)54-28-26-43-12-5-7-17-51(43)40-54)55-34-29-45(30-35-55)44-21-23-46(24-22-44)53-27-25-42-11-4-6-16-50(42)39-53/h1-41H/i10D,18D,19D,29D,30D,31D,32D,34D,35D,36D,37D,41D. The molecule has 0 aromatic heterocycles. The van der Waals surface area contributed by atoms with Gasteiger partial charge in [0, 0.05) is 17.1 Å². The molecule has 0 atom stereocenters. The predicted molar refractivity (Wildman–Crippen MR) is 261 cm³/mol. The fourth-order valence-corrected chi connectivity index (χ4v) is 7.97. The van der Waals surface area contributed by atoms with Crippen LogP contribution in [0.4, 0.5) is 17.1 Å². The van der Waals surface area contributed by atoms with Crippen LogP contribution in [0.3, 0.4) is 0 Å². The molecule has 11 aromatic carbocycles. The van der Waals surface area contributed by atoms with Gasteiger partial charge in [-0.3, -0.25) is 0 Å². The predicted octanol–water partition coefficient (Wildman–Crippen LogP) is 17.0. The Kier molecular flexibility index (Phi) is 6.53. The van der Waals surface area contributed by atoms with E-state index in [1.807, 2.05) is 140 Å². The third-order valence-electron chi connectivity index (χ3n) is 11.1. The van der Waals surface area contributed by atoms with Crippen LogP contribution in [0.25, 0.3) is 88.0 Å². The molecule has 1 nitrogen and oxygen atoms in total. The first-order valence-electron chi connectivity index (χ1n) is 26.0. The van der Waals surface area contributed by atoms with Gasteiger partial charge in [0.25, 0.3) is 0 Å². The molecular weight excluding hydrogens is 735 g/mol. The number of hydrogen-bond acceptors (Lipinski definition) is 1. The van der Waals surface area contributed by atoms with Gasteiger partial charge in [-0.15, -0.1) is 0 Å². The Morgan fingerprint density at radius 2 is 0.787 bits per heavy atom. The second-order valence-corrected chi connectivity index (χ2v) is 14.8. The highest BCUT2D eigenvalue weighted by atomic mass is 15.1. The van der Waals surface area contributed by atoms with Crippen molar-refractivity contribution in [3.05, 3.63) is 248 Å². The summed E-state index contributed by atoms with van der Waals surface area (Å²) in [6.45, 7) is 0. The molecule has 0 spiro atoms. The smallest absolute Gasteiger partial charge is 0.0651 e. The van der Waals surface area contributed by atoms with Crippen LogP contribution >= 0.6 is 0 Å². The lowest BCUT2D eigenvalue weighted by Crippen LogP contribution is -2.10. The summed E-state index contributed by atoms with van der Waals surface area (Å²) in [7, 11) is 0. The maximum absolute atomic E-state index is 9.90. The van der Waals surface area contributed by atoms with Gasteiger partial charge in [-0.2, -0.15) is 0 Å². The van der Waals surface area contributed by atoms with Gasteiger partial charge in [0.1, 0.15) is 0 Å². The normalized spacial score (nSPS) is 14.0. The summed E-state index contributed by atoms with van der Waals surface area (Å²) in [6.07, 6.45) is 0. The van der Waals surface area contributed by atoms with E-state index in [4.69, 9.17) is 1.37 Å². The third-order valence-corrected chi connectivity index (χ3v) is 11.1. The van der Waals surface area contributed by atoms with Crippen LogP contribution in [-0.4, -0.2) is 0 Å². The Labute approximate surface area is 373 Å². The van der Waals surface area contributed by atoms with Crippen molar-refractivity contribution in [1.29, 1.82) is 0 Å². The molecule has 0 saturated heterocycles.